The SMILES string of the molecule is Cc1noc(COC(=O)c2cc(C(C)C)nc3ccccc23)n1. The number of hydrogen-bond donors (Lipinski definition) is 0. The normalized spacial score (nSPS) is 11.1. The largest absolute Gasteiger partial charge is 0.452 e. The number of pyridine rings is 1. The first-order valence-electron chi connectivity index (χ1n) is 7.40. The van der Waals surface area contributed by atoms with Gasteiger partial charge < -0.3 is 9.26 Å². The van der Waals surface area contributed by atoms with Crippen molar-refractivity contribution >= 4 is 16.9 Å². The number of carbonyl (C=O) groups excluding carboxylic acids is 1. The van der Waals surface area contributed by atoms with E-state index in [-0.39, 0.29) is 18.4 Å². The minimum atomic E-state index is -0.429. The maximum atomic E-state index is 12.5. The molecule has 3 rings (SSSR count). The van der Waals surface area contributed by atoms with Crippen LogP contribution in [0.15, 0.2) is 34.9 Å². The Balaban J connectivity index is 1.92. The molecule has 6 nitrogen and oxygen atoms in total. The third-order valence-corrected chi connectivity index (χ3v) is 3.44. The van der Waals surface area contributed by atoms with Gasteiger partial charge >= 0.3 is 5.97 Å². The van der Waals surface area contributed by atoms with Crippen LogP contribution < -0.4 is 0 Å². The summed E-state index contributed by atoms with van der Waals surface area (Å²) in [5.41, 5.74) is 2.12. The van der Waals surface area contributed by atoms with Crippen molar-refractivity contribution < 1.29 is 14.1 Å². The monoisotopic (exact) mass is 311 g/mol. The van der Waals surface area contributed by atoms with Crippen LogP contribution in [0.3, 0.4) is 0 Å². The Kier molecular flexibility index (Phi) is 4.06. The Hall–Kier alpha value is -2.76. The van der Waals surface area contributed by atoms with Gasteiger partial charge in [0.1, 0.15) is 0 Å². The highest BCUT2D eigenvalue weighted by molar-refractivity contribution is 6.03. The average Bonchev–Trinajstić information content (AvgIpc) is 2.97. The van der Waals surface area contributed by atoms with Crippen molar-refractivity contribution in [3.63, 3.8) is 0 Å². The van der Waals surface area contributed by atoms with Crippen LogP contribution in [-0.4, -0.2) is 21.1 Å². The Bertz CT molecular complexity index is 855. The molecule has 1 aromatic carbocycles. The Labute approximate surface area is 133 Å². The number of para-hydroxylation sites is 1. The molecule has 0 N–H and O–H groups in total. The zero-order valence-corrected chi connectivity index (χ0v) is 13.2. The Morgan fingerprint density at radius 2 is 2.04 bits per heavy atom. The summed E-state index contributed by atoms with van der Waals surface area (Å²) in [6.07, 6.45) is 0. The molecule has 0 saturated heterocycles. The minimum absolute atomic E-state index is 0.0483. The van der Waals surface area contributed by atoms with Gasteiger partial charge in [0.05, 0.1) is 11.1 Å². The lowest BCUT2D eigenvalue weighted by atomic mass is 10.0. The lowest BCUT2D eigenvalue weighted by Crippen LogP contribution is -2.08. The van der Waals surface area contributed by atoms with Crippen LogP contribution in [-0.2, 0) is 11.3 Å². The van der Waals surface area contributed by atoms with Gasteiger partial charge in [-0.15, -0.1) is 0 Å². The number of carbonyl (C=O) groups is 1. The van der Waals surface area contributed by atoms with Crippen molar-refractivity contribution in [2.24, 2.45) is 0 Å². The minimum Gasteiger partial charge on any atom is -0.452 e. The number of fused-ring (bicyclic) bond motifs is 1. The fourth-order valence-corrected chi connectivity index (χ4v) is 2.26. The second-order valence-electron chi connectivity index (χ2n) is 5.58. The first kappa shape index (κ1) is 15.1. The number of ether oxygens (including phenoxy) is 1. The predicted octanol–water partition coefficient (Wildman–Crippen LogP) is 3.41. The average molecular weight is 311 g/mol. The van der Waals surface area contributed by atoms with E-state index in [0.717, 1.165) is 16.6 Å². The van der Waals surface area contributed by atoms with Crippen LogP contribution >= 0.6 is 0 Å². The summed E-state index contributed by atoms with van der Waals surface area (Å²) in [7, 11) is 0. The van der Waals surface area contributed by atoms with E-state index in [1.54, 1.807) is 13.0 Å². The molecule has 0 saturated carbocycles. The highest BCUT2D eigenvalue weighted by atomic mass is 16.6. The molecule has 118 valence electrons. The predicted molar refractivity (Wildman–Crippen MR) is 84.0 cm³/mol. The van der Waals surface area contributed by atoms with E-state index in [9.17, 15) is 4.79 Å². The van der Waals surface area contributed by atoms with E-state index in [4.69, 9.17) is 9.26 Å². The third kappa shape index (κ3) is 3.21. The third-order valence-electron chi connectivity index (χ3n) is 3.44. The molecule has 2 heterocycles. The molecular formula is C17H17N3O3. The highest BCUT2D eigenvalue weighted by Crippen LogP contribution is 2.23. The molecular weight excluding hydrogens is 294 g/mol. The van der Waals surface area contributed by atoms with Crippen molar-refractivity contribution in [1.82, 2.24) is 15.1 Å². The molecule has 3 aromatic rings. The summed E-state index contributed by atoms with van der Waals surface area (Å²) in [5, 5.41) is 4.43. The molecule has 0 unspecified atom stereocenters. The van der Waals surface area contributed by atoms with E-state index < -0.39 is 5.97 Å². The fraction of sp³-hybridized carbons (Fsp3) is 0.294. The summed E-state index contributed by atoms with van der Waals surface area (Å²) >= 11 is 0. The van der Waals surface area contributed by atoms with E-state index in [1.165, 1.54) is 0 Å². The van der Waals surface area contributed by atoms with E-state index in [2.05, 4.69) is 15.1 Å². The number of nitrogens with zero attached hydrogens (tertiary/aromatic N) is 3. The first-order chi connectivity index (χ1) is 11.0. The summed E-state index contributed by atoms with van der Waals surface area (Å²) < 4.78 is 10.3. The second kappa shape index (κ2) is 6.16. The van der Waals surface area contributed by atoms with Gasteiger partial charge in [-0.1, -0.05) is 37.2 Å². The van der Waals surface area contributed by atoms with Crippen molar-refractivity contribution in [3.8, 4) is 0 Å². The summed E-state index contributed by atoms with van der Waals surface area (Å²) in [4.78, 5) is 21.1. The highest BCUT2D eigenvalue weighted by Gasteiger charge is 2.16. The molecule has 0 amide bonds. The molecule has 0 aliphatic carbocycles. The number of aromatic nitrogens is 3. The molecule has 2 aromatic heterocycles. The van der Waals surface area contributed by atoms with Crippen LogP contribution in [0.5, 0.6) is 0 Å². The number of hydrogen-bond acceptors (Lipinski definition) is 6. The smallest absolute Gasteiger partial charge is 0.339 e. The van der Waals surface area contributed by atoms with Crippen molar-refractivity contribution in [1.29, 1.82) is 0 Å². The van der Waals surface area contributed by atoms with Gasteiger partial charge in [-0.2, -0.15) is 4.98 Å². The molecule has 0 fully saturated rings. The molecule has 0 bridgehead atoms. The number of esters is 1. The van der Waals surface area contributed by atoms with Crippen LogP contribution in [0.1, 0.15) is 47.5 Å². The van der Waals surface area contributed by atoms with Gasteiger partial charge in [0, 0.05) is 11.1 Å². The molecule has 6 heteroatoms. The van der Waals surface area contributed by atoms with Crippen LogP contribution in [0.25, 0.3) is 10.9 Å². The zero-order valence-electron chi connectivity index (χ0n) is 13.2. The standard InChI is InChI=1S/C17H17N3O3/c1-10(2)15-8-13(12-6-4-5-7-14(12)19-15)17(21)22-9-16-18-11(3)20-23-16/h4-8,10H,9H2,1-3H3. The second-order valence-corrected chi connectivity index (χ2v) is 5.58. The summed E-state index contributed by atoms with van der Waals surface area (Å²) in [6, 6.07) is 9.31. The Morgan fingerprint density at radius 3 is 2.74 bits per heavy atom. The van der Waals surface area contributed by atoms with Gasteiger partial charge in [0.25, 0.3) is 5.89 Å². The lowest BCUT2D eigenvalue weighted by molar-refractivity contribution is 0.0432. The zero-order chi connectivity index (χ0) is 16.4. The van der Waals surface area contributed by atoms with Gasteiger partial charge in [0.2, 0.25) is 0 Å². The van der Waals surface area contributed by atoms with Gasteiger partial charge in [0.15, 0.2) is 12.4 Å². The first-order valence-corrected chi connectivity index (χ1v) is 7.40. The molecule has 23 heavy (non-hydrogen) atoms. The van der Waals surface area contributed by atoms with Crippen LogP contribution in [0, 0.1) is 6.92 Å². The van der Waals surface area contributed by atoms with E-state index in [1.807, 2.05) is 38.1 Å². The number of aryl methyl sites for hydroxylation is 1. The van der Waals surface area contributed by atoms with Crippen molar-refractivity contribution in [3.05, 3.63) is 53.3 Å². The quantitative estimate of drug-likeness (QED) is 0.687. The summed E-state index contributed by atoms with van der Waals surface area (Å²) in [6.45, 7) is 5.73. The van der Waals surface area contributed by atoms with Gasteiger partial charge in [-0.25, -0.2) is 4.79 Å². The maximum Gasteiger partial charge on any atom is 0.339 e. The lowest BCUT2D eigenvalue weighted by Gasteiger charge is -2.11. The molecule has 0 aliphatic rings. The van der Waals surface area contributed by atoms with Crippen LogP contribution in [0.2, 0.25) is 0 Å². The van der Waals surface area contributed by atoms with E-state index in [0.29, 0.717) is 11.4 Å². The molecule has 0 aliphatic heterocycles. The van der Waals surface area contributed by atoms with Crippen molar-refractivity contribution in [2.75, 3.05) is 0 Å². The van der Waals surface area contributed by atoms with Gasteiger partial charge in [-0.05, 0) is 25.0 Å². The summed E-state index contributed by atoms with van der Waals surface area (Å²) in [5.74, 6) is 0.567. The number of benzene rings is 1. The van der Waals surface area contributed by atoms with E-state index >= 15 is 0 Å². The topological polar surface area (TPSA) is 78.1 Å². The molecule has 0 spiro atoms. The number of rotatable bonds is 4. The van der Waals surface area contributed by atoms with Gasteiger partial charge in [-0.3, -0.25) is 4.98 Å². The maximum absolute atomic E-state index is 12.5. The van der Waals surface area contributed by atoms with Crippen molar-refractivity contribution in [2.45, 2.75) is 33.3 Å². The molecule has 0 radical (unpaired) electrons. The molecule has 0 atom stereocenters. The fourth-order valence-electron chi connectivity index (χ4n) is 2.26. The van der Waals surface area contributed by atoms with Crippen LogP contribution in [0.4, 0.5) is 0 Å². The Morgan fingerprint density at radius 1 is 1.26 bits per heavy atom.